The molecule has 1 aromatic rings. The summed E-state index contributed by atoms with van der Waals surface area (Å²) in [6, 6.07) is 5.64. The van der Waals surface area contributed by atoms with Crippen molar-refractivity contribution in [3.63, 3.8) is 0 Å². The first-order valence-corrected chi connectivity index (χ1v) is 7.16. The van der Waals surface area contributed by atoms with Crippen LogP contribution in [0.3, 0.4) is 0 Å². The molecule has 6 heteroatoms. The van der Waals surface area contributed by atoms with Crippen molar-refractivity contribution in [2.24, 2.45) is 0 Å². The maximum Gasteiger partial charge on any atom is 0.417 e. The molecule has 21 heavy (non-hydrogen) atoms. The Hall–Kier alpha value is -1.56. The predicted molar refractivity (Wildman–Crippen MR) is 71.9 cm³/mol. The minimum Gasteiger partial charge on any atom is -0.349 e. The van der Waals surface area contributed by atoms with Crippen molar-refractivity contribution >= 4 is 5.91 Å². The molecule has 2 fully saturated rings. The maximum absolute atomic E-state index is 12.9. The largest absolute Gasteiger partial charge is 0.417 e. The van der Waals surface area contributed by atoms with Crippen LogP contribution in [0.15, 0.2) is 24.3 Å². The van der Waals surface area contributed by atoms with Gasteiger partial charge in [-0.05, 0) is 37.8 Å². The first kappa shape index (κ1) is 14.4. The van der Waals surface area contributed by atoms with E-state index in [1.807, 2.05) is 0 Å². The number of fused-ring (bicyclic) bond motifs is 2. The Balaban J connectivity index is 1.74. The quantitative estimate of drug-likeness (QED) is 0.881. The SMILES string of the molecule is O=C(NC1CC2CCC(C1)N2)c1ccccc1C(F)(F)F. The van der Waals surface area contributed by atoms with Gasteiger partial charge in [0, 0.05) is 18.1 Å². The molecule has 2 saturated heterocycles. The zero-order valence-electron chi connectivity index (χ0n) is 11.4. The van der Waals surface area contributed by atoms with E-state index in [4.69, 9.17) is 0 Å². The van der Waals surface area contributed by atoms with E-state index in [2.05, 4.69) is 10.6 Å². The molecule has 2 N–H and O–H groups in total. The standard InChI is InChI=1S/C15H17F3N2O/c16-15(17,18)13-4-2-1-3-12(13)14(21)20-11-7-9-5-6-10(8-11)19-9/h1-4,9-11,19H,5-8H2,(H,20,21). The highest BCUT2D eigenvalue weighted by Gasteiger charge is 2.37. The van der Waals surface area contributed by atoms with Crippen molar-refractivity contribution in [3.05, 3.63) is 35.4 Å². The molecular formula is C15H17F3N2O. The van der Waals surface area contributed by atoms with Crippen molar-refractivity contribution in [1.82, 2.24) is 10.6 Å². The number of rotatable bonds is 2. The molecule has 3 nitrogen and oxygen atoms in total. The third-order valence-electron chi connectivity index (χ3n) is 4.29. The zero-order chi connectivity index (χ0) is 15.0. The molecule has 2 aliphatic heterocycles. The van der Waals surface area contributed by atoms with Crippen LogP contribution in [0.2, 0.25) is 0 Å². The van der Waals surface area contributed by atoms with Crippen LogP contribution in [-0.4, -0.2) is 24.0 Å². The monoisotopic (exact) mass is 298 g/mol. The first-order chi connectivity index (χ1) is 9.93. The molecule has 1 aromatic carbocycles. The van der Waals surface area contributed by atoms with E-state index in [0.29, 0.717) is 12.1 Å². The van der Waals surface area contributed by atoms with Crippen molar-refractivity contribution in [3.8, 4) is 0 Å². The average molecular weight is 298 g/mol. The Kier molecular flexibility index (Phi) is 3.65. The minimum atomic E-state index is -4.51. The van der Waals surface area contributed by atoms with Crippen LogP contribution in [0.25, 0.3) is 0 Å². The fourth-order valence-corrected chi connectivity index (χ4v) is 3.37. The van der Waals surface area contributed by atoms with Crippen LogP contribution in [-0.2, 0) is 6.18 Å². The number of hydrogen-bond acceptors (Lipinski definition) is 2. The third kappa shape index (κ3) is 3.05. The summed E-state index contributed by atoms with van der Waals surface area (Å²) in [5, 5.41) is 6.21. The molecule has 2 bridgehead atoms. The number of piperidine rings is 1. The summed E-state index contributed by atoms with van der Waals surface area (Å²) in [4.78, 5) is 12.2. The molecule has 3 rings (SSSR count). The van der Waals surface area contributed by atoms with Crippen LogP contribution in [0.5, 0.6) is 0 Å². The van der Waals surface area contributed by atoms with E-state index >= 15 is 0 Å². The normalized spacial score (nSPS) is 28.4. The van der Waals surface area contributed by atoms with Gasteiger partial charge in [-0.15, -0.1) is 0 Å². The van der Waals surface area contributed by atoms with Gasteiger partial charge in [-0.2, -0.15) is 13.2 Å². The Morgan fingerprint density at radius 2 is 1.76 bits per heavy atom. The Morgan fingerprint density at radius 3 is 2.38 bits per heavy atom. The lowest BCUT2D eigenvalue weighted by atomic mass is 9.98. The molecule has 2 atom stereocenters. The van der Waals surface area contributed by atoms with E-state index in [-0.39, 0.29) is 11.6 Å². The molecule has 1 amide bonds. The molecule has 2 aliphatic rings. The summed E-state index contributed by atoms with van der Waals surface area (Å²) in [5.74, 6) is -0.630. The maximum atomic E-state index is 12.9. The second-order valence-electron chi connectivity index (χ2n) is 5.82. The summed E-state index contributed by atoms with van der Waals surface area (Å²) in [5.41, 5.74) is -1.17. The summed E-state index contributed by atoms with van der Waals surface area (Å²) < 4.78 is 38.8. The van der Waals surface area contributed by atoms with Gasteiger partial charge in [-0.3, -0.25) is 4.79 Å². The first-order valence-electron chi connectivity index (χ1n) is 7.16. The van der Waals surface area contributed by atoms with Crippen molar-refractivity contribution < 1.29 is 18.0 Å². The molecule has 0 saturated carbocycles. The minimum absolute atomic E-state index is 0.0439. The van der Waals surface area contributed by atoms with Gasteiger partial charge in [0.15, 0.2) is 0 Å². The Bertz CT molecular complexity index is 532. The van der Waals surface area contributed by atoms with Crippen LogP contribution in [0, 0.1) is 0 Å². The van der Waals surface area contributed by atoms with Crippen LogP contribution in [0.4, 0.5) is 13.2 Å². The fourth-order valence-electron chi connectivity index (χ4n) is 3.37. The van der Waals surface area contributed by atoms with E-state index < -0.39 is 17.6 Å². The number of nitrogens with one attached hydrogen (secondary N) is 2. The van der Waals surface area contributed by atoms with Gasteiger partial charge in [-0.1, -0.05) is 12.1 Å². The number of hydrogen-bond donors (Lipinski definition) is 2. The lowest BCUT2D eigenvalue weighted by molar-refractivity contribution is -0.137. The molecule has 114 valence electrons. The number of alkyl halides is 3. The van der Waals surface area contributed by atoms with Gasteiger partial charge >= 0.3 is 6.18 Å². The Morgan fingerprint density at radius 1 is 1.14 bits per heavy atom. The smallest absolute Gasteiger partial charge is 0.349 e. The predicted octanol–water partition coefficient (Wildman–Crippen LogP) is 2.72. The molecule has 0 aromatic heterocycles. The molecule has 0 spiro atoms. The third-order valence-corrected chi connectivity index (χ3v) is 4.29. The van der Waals surface area contributed by atoms with E-state index in [9.17, 15) is 18.0 Å². The summed E-state index contributed by atoms with van der Waals surface area (Å²) in [6.07, 6.45) is -0.777. The highest BCUT2D eigenvalue weighted by atomic mass is 19.4. The lowest BCUT2D eigenvalue weighted by Gasteiger charge is -2.30. The average Bonchev–Trinajstić information content (AvgIpc) is 2.77. The number of carbonyl (C=O) groups is 1. The van der Waals surface area contributed by atoms with E-state index in [0.717, 1.165) is 31.7 Å². The summed E-state index contributed by atoms with van der Waals surface area (Å²) in [6.45, 7) is 0. The molecular weight excluding hydrogens is 281 g/mol. The van der Waals surface area contributed by atoms with Gasteiger partial charge in [-0.25, -0.2) is 0 Å². The molecule has 0 aliphatic carbocycles. The highest BCUT2D eigenvalue weighted by molar-refractivity contribution is 5.96. The van der Waals surface area contributed by atoms with Crippen LogP contribution >= 0.6 is 0 Å². The second-order valence-corrected chi connectivity index (χ2v) is 5.82. The van der Waals surface area contributed by atoms with Crippen molar-refractivity contribution in [1.29, 1.82) is 0 Å². The number of carbonyl (C=O) groups excluding carboxylic acids is 1. The van der Waals surface area contributed by atoms with E-state index in [1.54, 1.807) is 0 Å². The van der Waals surface area contributed by atoms with Gasteiger partial charge in [0.1, 0.15) is 0 Å². The van der Waals surface area contributed by atoms with E-state index in [1.165, 1.54) is 18.2 Å². The van der Waals surface area contributed by atoms with Gasteiger partial charge in [0.05, 0.1) is 11.1 Å². The second kappa shape index (κ2) is 5.33. The topological polar surface area (TPSA) is 41.1 Å². The van der Waals surface area contributed by atoms with Crippen LogP contribution in [0.1, 0.15) is 41.6 Å². The molecule has 2 heterocycles. The highest BCUT2D eigenvalue weighted by Crippen LogP contribution is 2.32. The summed E-state index contributed by atoms with van der Waals surface area (Å²) >= 11 is 0. The van der Waals surface area contributed by atoms with Gasteiger partial charge < -0.3 is 10.6 Å². The Labute approximate surface area is 120 Å². The number of halogens is 3. The van der Waals surface area contributed by atoms with Crippen molar-refractivity contribution in [2.45, 2.75) is 50.0 Å². The molecule has 0 radical (unpaired) electrons. The number of amides is 1. The zero-order valence-corrected chi connectivity index (χ0v) is 11.4. The lowest BCUT2D eigenvalue weighted by Crippen LogP contribution is -2.48. The molecule has 2 unspecified atom stereocenters. The fraction of sp³-hybridized carbons (Fsp3) is 0.533. The van der Waals surface area contributed by atoms with Crippen LogP contribution < -0.4 is 10.6 Å². The van der Waals surface area contributed by atoms with Crippen molar-refractivity contribution in [2.75, 3.05) is 0 Å². The van der Waals surface area contributed by atoms with Gasteiger partial charge in [0.25, 0.3) is 5.91 Å². The number of benzene rings is 1. The summed E-state index contributed by atoms with van der Waals surface area (Å²) in [7, 11) is 0. The van der Waals surface area contributed by atoms with Gasteiger partial charge in [0.2, 0.25) is 0 Å².